The van der Waals surface area contributed by atoms with Crippen LogP contribution in [0.4, 0.5) is 18.9 Å². The number of sulfonamides is 1. The highest BCUT2D eigenvalue weighted by molar-refractivity contribution is 7.89. The van der Waals surface area contributed by atoms with Crippen LogP contribution >= 0.6 is 0 Å². The molecule has 0 unspecified atom stereocenters. The van der Waals surface area contributed by atoms with Gasteiger partial charge in [-0.2, -0.15) is 0 Å². The van der Waals surface area contributed by atoms with Crippen LogP contribution in [-0.2, 0) is 14.8 Å². The fourth-order valence-electron chi connectivity index (χ4n) is 2.43. The minimum atomic E-state index is -3.77. The van der Waals surface area contributed by atoms with Crippen molar-refractivity contribution >= 4 is 33.3 Å². The standard InChI is InChI=1S/C16H11F3N2O3S/c1-20-25(23,24)9-2-3-15-10(6-9)11(16(22)21-15)7-12-13(18)4-8(17)5-14(12)19/h2-7,20H,1H3,(H,21,22). The number of halogens is 3. The monoisotopic (exact) mass is 368 g/mol. The molecule has 0 radical (unpaired) electrons. The van der Waals surface area contributed by atoms with E-state index in [1.807, 2.05) is 0 Å². The van der Waals surface area contributed by atoms with Crippen LogP contribution in [0.3, 0.4) is 0 Å². The SMILES string of the molecule is CNS(=O)(=O)c1ccc2c(c1)C(=Cc1c(F)cc(F)cc1F)C(=O)N2. The molecule has 9 heteroatoms. The van der Waals surface area contributed by atoms with Crippen molar-refractivity contribution in [1.29, 1.82) is 0 Å². The second kappa shape index (κ2) is 6.01. The van der Waals surface area contributed by atoms with Gasteiger partial charge in [-0.1, -0.05) is 0 Å². The zero-order chi connectivity index (χ0) is 18.4. The fourth-order valence-corrected chi connectivity index (χ4v) is 3.19. The third-order valence-electron chi connectivity index (χ3n) is 3.69. The summed E-state index contributed by atoms with van der Waals surface area (Å²) in [5.41, 5.74) is -0.257. The number of carbonyl (C=O) groups excluding carboxylic acids is 1. The number of benzene rings is 2. The molecule has 1 amide bonds. The third-order valence-corrected chi connectivity index (χ3v) is 5.10. The second-order valence-corrected chi connectivity index (χ2v) is 7.10. The molecule has 2 N–H and O–H groups in total. The molecule has 0 aliphatic carbocycles. The first kappa shape index (κ1) is 17.2. The molecule has 0 saturated carbocycles. The average molecular weight is 368 g/mol. The zero-order valence-electron chi connectivity index (χ0n) is 12.7. The van der Waals surface area contributed by atoms with E-state index in [-0.39, 0.29) is 16.0 Å². The summed E-state index contributed by atoms with van der Waals surface area (Å²) in [4.78, 5) is 12.0. The molecule has 0 fully saturated rings. The number of hydrogen-bond acceptors (Lipinski definition) is 3. The molecule has 0 saturated heterocycles. The van der Waals surface area contributed by atoms with Gasteiger partial charge in [0.25, 0.3) is 5.91 Å². The Morgan fingerprint density at radius 3 is 2.32 bits per heavy atom. The van der Waals surface area contributed by atoms with Crippen LogP contribution in [0.2, 0.25) is 0 Å². The Labute approximate surface area is 141 Å². The maximum Gasteiger partial charge on any atom is 0.256 e. The highest BCUT2D eigenvalue weighted by Crippen LogP contribution is 2.35. The summed E-state index contributed by atoms with van der Waals surface area (Å²) in [7, 11) is -2.54. The van der Waals surface area contributed by atoms with Gasteiger partial charge in [0.15, 0.2) is 0 Å². The van der Waals surface area contributed by atoms with Gasteiger partial charge < -0.3 is 5.32 Å². The van der Waals surface area contributed by atoms with E-state index in [1.165, 1.54) is 25.2 Å². The lowest BCUT2D eigenvalue weighted by molar-refractivity contribution is -0.110. The Morgan fingerprint density at radius 1 is 1.08 bits per heavy atom. The number of hydrogen-bond donors (Lipinski definition) is 2. The van der Waals surface area contributed by atoms with Gasteiger partial charge >= 0.3 is 0 Å². The van der Waals surface area contributed by atoms with Gasteiger partial charge in [0.2, 0.25) is 10.0 Å². The van der Waals surface area contributed by atoms with Gasteiger partial charge in [-0.05, 0) is 31.3 Å². The Morgan fingerprint density at radius 2 is 1.72 bits per heavy atom. The van der Waals surface area contributed by atoms with Crippen LogP contribution in [0.25, 0.3) is 11.6 Å². The minimum absolute atomic E-state index is 0.115. The predicted octanol–water partition coefficient (Wildman–Crippen LogP) is 2.50. The topological polar surface area (TPSA) is 75.3 Å². The molecule has 3 rings (SSSR count). The molecule has 1 heterocycles. The Kier molecular flexibility index (Phi) is 4.13. The van der Waals surface area contributed by atoms with Crippen LogP contribution in [0.5, 0.6) is 0 Å². The highest BCUT2D eigenvalue weighted by atomic mass is 32.2. The van der Waals surface area contributed by atoms with Crippen molar-refractivity contribution in [1.82, 2.24) is 4.72 Å². The first-order valence-corrected chi connectivity index (χ1v) is 8.47. The van der Waals surface area contributed by atoms with E-state index in [1.54, 1.807) is 0 Å². The van der Waals surface area contributed by atoms with Crippen molar-refractivity contribution in [3.8, 4) is 0 Å². The maximum absolute atomic E-state index is 13.8. The van der Waals surface area contributed by atoms with E-state index in [0.29, 0.717) is 17.8 Å². The van der Waals surface area contributed by atoms with Gasteiger partial charge in [-0.3, -0.25) is 4.79 Å². The Balaban J connectivity index is 2.18. The van der Waals surface area contributed by atoms with Gasteiger partial charge in [-0.15, -0.1) is 0 Å². The number of nitrogens with one attached hydrogen (secondary N) is 2. The van der Waals surface area contributed by atoms with Crippen LogP contribution in [0.15, 0.2) is 35.2 Å². The quantitative estimate of drug-likeness (QED) is 0.818. The van der Waals surface area contributed by atoms with Crippen molar-refractivity contribution in [2.75, 3.05) is 12.4 Å². The molecule has 130 valence electrons. The lowest BCUT2D eigenvalue weighted by Gasteiger charge is -2.06. The fraction of sp³-hybridized carbons (Fsp3) is 0.0625. The maximum atomic E-state index is 13.8. The summed E-state index contributed by atoms with van der Waals surface area (Å²) < 4.78 is 66.6. The normalized spacial score (nSPS) is 15.4. The van der Waals surface area contributed by atoms with Gasteiger partial charge in [0, 0.05) is 34.5 Å². The van der Waals surface area contributed by atoms with Gasteiger partial charge in [0.05, 0.1) is 4.90 Å². The van der Waals surface area contributed by atoms with Crippen molar-refractivity contribution in [2.45, 2.75) is 4.90 Å². The molecule has 0 spiro atoms. The summed E-state index contributed by atoms with van der Waals surface area (Å²) in [6.45, 7) is 0. The molecule has 25 heavy (non-hydrogen) atoms. The van der Waals surface area contributed by atoms with Crippen molar-refractivity contribution in [3.05, 3.63) is 58.9 Å². The molecule has 5 nitrogen and oxygen atoms in total. The summed E-state index contributed by atoms with van der Waals surface area (Å²) in [5, 5.41) is 2.47. The molecule has 2 aromatic carbocycles. The molecule has 0 atom stereocenters. The lowest BCUT2D eigenvalue weighted by atomic mass is 10.0. The molecule has 1 aliphatic rings. The van der Waals surface area contributed by atoms with Crippen LogP contribution in [0, 0.1) is 17.5 Å². The van der Waals surface area contributed by atoms with Crippen molar-refractivity contribution in [3.63, 3.8) is 0 Å². The lowest BCUT2D eigenvalue weighted by Crippen LogP contribution is -2.18. The van der Waals surface area contributed by atoms with E-state index >= 15 is 0 Å². The highest BCUT2D eigenvalue weighted by Gasteiger charge is 2.27. The summed E-state index contributed by atoms with van der Waals surface area (Å²) in [6.07, 6.45) is 0.918. The number of carbonyl (C=O) groups is 1. The summed E-state index contributed by atoms with van der Waals surface area (Å²) in [5.74, 6) is -4.09. The smallest absolute Gasteiger partial charge is 0.256 e. The van der Waals surface area contributed by atoms with E-state index in [0.717, 1.165) is 6.08 Å². The van der Waals surface area contributed by atoms with Crippen LogP contribution in [0.1, 0.15) is 11.1 Å². The minimum Gasteiger partial charge on any atom is -0.321 e. The Bertz CT molecular complexity index is 1010. The first-order valence-electron chi connectivity index (χ1n) is 6.98. The van der Waals surface area contributed by atoms with E-state index in [4.69, 9.17) is 0 Å². The number of rotatable bonds is 3. The van der Waals surface area contributed by atoms with E-state index in [2.05, 4.69) is 10.0 Å². The molecule has 2 aromatic rings. The predicted molar refractivity (Wildman–Crippen MR) is 85.5 cm³/mol. The largest absolute Gasteiger partial charge is 0.321 e. The summed E-state index contributed by atoms with van der Waals surface area (Å²) >= 11 is 0. The second-order valence-electron chi connectivity index (χ2n) is 5.21. The van der Waals surface area contributed by atoms with Crippen molar-refractivity contribution < 1.29 is 26.4 Å². The number of anilines is 1. The molecule has 0 aromatic heterocycles. The number of amides is 1. The van der Waals surface area contributed by atoms with Gasteiger partial charge in [0.1, 0.15) is 17.5 Å². The Hall–Kier alpha value is -2.65. The van der Waals surface area contributed by atoms with E-state index < -0.39 is 38.9 Å². The number of fused-ring (bicyclic) bond motifs is 1. The molecule has 1 aliphatic heterocycles. The summed E-state index contributed by atoms with van der Waals surface area (Å²) in [6, 6.07) is 4.85. The average Bonchev–Trinajstić information content (AvgIpc) is 2.85. The van der Waals surface area contributed by atoms with Gasteiger partial charge in [-0.25, -0.2) is 26.3 Å². The molecule has 0 bridgehead atoms. The third kappa shape index (κ3) is 3.03. The molecular formula is C16H11F3N2O3S. The molecular weight excluding hydrogens is 357 g/mol. The van der Waals surface area contributed by atoms with Crippen molar-refractivity contribution in [2.24, 2.45) is 0 Å². The first-order chi connectivity index (χ1) is 11.7. The van der Waals surface area contributed by atoms with Crippen LogP contribution < -0.4 is 10.0 Å². The van der Waals surface area contributed by atoms with E-state index in [9.17, 15) is 26.4 Å². The zero-order valence-corrected chi connectivity index (χ0v) is 13.5. The van der Waals surface area contributed by atoms with Crippen LogP contribution in [-0.4, -0.2) is 21.4 Å².